The molecule has 1 saturated heterocycles. The van der Waals surface area contributed by atoms with Crippen molar-refractivity contribution in [3.05, 3.63) is 29.8 Å². The van der Waals surface area contributed by atoms with Crippen molar-refractivity contribution in [2.75, 3.05) is 19.8 Å². The predicted octanol–water partition coefficient (Wildman–Crippen LogP) is 2.12. The maximum atomic E-state index is 12.4. The molecule has 0 aliphatic carbocycles. The first-order chi connectivity index (χ1) is 11.8. The van der Waals surface area contributed by atoms with Gasteiger partial charge in [0.15, 0.2) is 6.61 Å². The topological polar surface area (TPSA) is 90.7 Å². The lowest BCUT2D eigenvalue weighted by atomic mass is 9.78. The number of carbonyl (C=O) groups excluding carboxylic acids is 2. The number of hydrogen-bond donors (Lipinski definition) is 2. The molecular formula is C19H28N2O4. The lowest BCUT2D eigenvalue weighted by Crippen LogP contribution is -2.45. The van der Waals surface area contributed by atoms with Gasteiger partial charge in [-0.15, -0.1) is 0 Å². The van der Waals surface area contributed by atoms with Crippen molar-refractivity contribution >= 4 is 11.8 Å². The number of carbonyl (C=O) groups is 2. The molecule has 6 nitrogen and oxygen atoms in total. The van der Waals surface area contributed by atoms with E-state index in [0.717, 1.165) is 19.4 Å². The van der Waals surface area contributed by atoms with E-state index in [9.17, 15) is 9.59 Å². The number of amides is 2. The van der Waals surface area contributed by atoms with Crippen molar-refractivity contribution in [2.45, 2.75) is 39.7 Å². The summed E-state index contributed by atoms with van der Waals surface area (Å²) in [5, 5.41) is 3.01. The molecule has 1 heterocycles. The molecule has 2 atom stereocenters. The average molecular weight is 348 g/mol. The molecule has 25 heavy (non-hydrogen) atoms. The largest absolute Gasteiger partial charge is 0.484 e. The first-order valence-corrected chi connectivity index (χ1v) is 8.68. The molecule has 1 aromatic rings. The van der Waals surface area contributed by atoms with E-state index in [2.05, 4.69) is 26.1 Å². The third-order valence-corrected chi connectivity index (χ3v) is 4.32. The molecule has 0 bridgehead atoms. The van der Waals surface area contributed by atoms with Gasteiger partial charge in [0.05, 0.1) is 6.10 Å². The molecule has 0 aromatic heterocycles. The second-order valence-electron chi connectivity index (χ2n) is 7.55. The van der Waals surface area contributed by atoms with Crippen LogP contribution in [0.5, 0.6) is 5.75 Å². The summed E-state index contributed by atoms with van der Waals surface area (Å²) in [6.07, 6.45) is 2.23. The molecule has 0 spiro atoms. The van der Waals surface area contributed by atoms with Crippen LogP contribution in [0.4, 0.5) is 0 Å². The SMILES string of the molecule is CC(C)(C)C1OCCCC1CNC(=O)c1ccc(OCC(N)=O)cc1. The number of hydrogen-bond acceptors (Lipinski definition) is 4. The van der Waals surface area contributed by atoms with E-state index < -0.39 is 5.91 Å². The Bertz CT molecular complexity index is 592. The fourth-order valence-electron chi connectivity index (χ4n) is 3.19. The van der Waals surface area contributed by atoms with Crippen molar-refractivity contribution < 1.29 is 19.1 Å². The standard InChI is InChI=1S/C19H28N2O4/c1-19(2,3)17-14(5-4-10-24-17)11-21-18(23)13-6-8-15(9-7-13)25-12-16(20)22/h6-9,14,17H,4-5,10-12H2,1-3H3,(H2,20,22)(H,21,23). The Kier molecular flexibility index (Phi) is 6.42. The van der Waals surface area contributed by atoms with Crippen LogP contribution in [0.3, 0.4) is 0 Å². The van der Waals surface area contributed by atoms with Crippen molar-refractivity contribution in [3.63, 3.8) is 0 Å². The van der Waals surface area contributed by atoms with Gasteiger partial charge in [-0.2, -0.15) is 0 Å². The van der Waals surface area contributed by atoms with E-state index in [1.165, 1.54) is 0 Å². The van der Waals surface area contributed by atoms with Crippen LogP contribution < -0.4 is 15.8 Å². The smallest absolute Gasteiger partial charge is 0.255 e. The number of ether oxygens (including phenoxy) is 2. The van der Waals surface area contributed by atoms with E-state index in [0.29, 0.717) is 23.8 Å². The average Bonchev–Trinajstić information content (AvgIpc) is 2.57. The maximum absolute atomic E-state index is 12.4. The van der Waals surface area contributed by atoms with Crippen LogP contribution in [-0.4, -0.2) is 37.7 Å². The van der Waals surface area contributed by atoms with Gasteiger partial charge in [-0.1, -0.05) is 20.8 Å². The first-order valence-electron chi connectivity index (χ1n) is 8.68. The highest BCUT2D eigenvalue weighted by Crippen LogP contribution is 2.33. The van der Waals surface area contributed by atoms with Crippen LogP contribution in [0.2, 0.25) is 0 Å². The van der Waals surface area contributed by atoms with Gasteiger partial charge in [-0.25, -0.2) is 0 Å². The third-order valence-electron chi connectivity index (χ3n) is 4.32. The molecule has 3 N–H and O–H groups in total. The van der Waals surface area contributed by atoms with Crippen molar-refractivity contribution in [1.82, 2.24) is 5.32 Å². The van der Waals surface area contributed by atoms with Gasteiger partial charge in [-0.3, -0.25) is 9.59 Å². The van der Waals surface area contributed by atoms with Gasteiger partial charge in [0.2, 0.25) is 0 Å². The van der Waals surface area contributed by atoms with Gasteiger partial charge in [0.1, 0.15) is 5.75 Å². The van der Waals surface area contributed by atoms with Gasteiger partial charge in [0.25, 0.3) is 11.8 Å². The Morgan fingerprint density at radius 3 is 2.56 bits per heavy atom. The number of nitrogens with one attached hydrogen (secondary N) is 1. The Balaban J connectivity index is 1.89. The molecule has 2 amide bonds. The Morgan fingerprint density at radius 1 is 1.28 bits per heavy atom. The molecule has 2 unspecified atom stereocenters. The van der Waals surface area contributed by atoms with Crippen molar-refractivity contribution in [3.8, 4) is 5.75 Å². The van der Waals surface area contributed by atoms with Gasteiger partial charge in [-0.05, 0) is 42.5 Å². The Hall–Kier alpha value is -2.08. The minimum absolute atomic E-state index is 0.0508. The second kappa shape index (κ2) is 8.34. The highest BCUT2D eigenvalue weighted by molar-refractivity contribution is 5.94. The molecule has 1 aliphatic heterocycles. The van der Waals surface area contributed by atoms with E-state index in [1.807, 2.05) is 0 Å². The zero-order valence-corrected chi connectivity index (χ0v) is 15.2. The van der Waals surface area contributed by atoms with Crippen LogP contribution in [0.25, 0.3) is 0 Å². The summed E-state index contributed by atoms with van der Waals surface area (Å²) in [4.78, 5) is 23.1. The number of benzene rings is 1. The molecule has 138 valence electrons. The fourth-order valence-corrected chi connectivity index (χ4v) is 3.19. The van der Waals surface area contributed by atoms with E-state index in [-0.39, 0.29) is 24.0 Å². The van der Waals surface area contributed by atoms with Crippen LogP contribution in [0.1, 0.15) is 44.0 Å². The summed E-state index contributed by atoms with van der Waals surface area (Å²) in [6, 6.07) is 6.65. The quantitative estimate of drug-likeness (QED) is 0.824. The maximum Gasteiger partial charge on any atom is 0.255 e. The highest BCUT2D eigenvalue weighted by Gasteiger charge is 2.35. The van der Waals surface area contributed by atoms with Crippen molar-refractivity contribution in [1.29, 1.82) is 0 Å². The van der Waals surface area contributed by atoms with Crippen LogP contribution in [-0.2, 0) is 9.53 Å². The number of nitrogens with two attached hydrogens (primary N) is 1. The zero-order valence-electron chi connectivity index (χ0n) is 15.2. The van der Waals surface area contributed by atoms with Crippen LogP contribution >= 0.6 is 0 Å². The molecule has 0 saturated carbocycles. The molecule has 1 fully saturated rings. The first kappa shape index (κ1) is 19.2. The Morgan fingerprint density at radius 2 is 1.96 bits per heavy atom. The summed E-state index contributed by atoms with van der Waals surface area (Å²) >= 11 is 0. The number of primary amides is 1. The lowest BCUT2D eigenvalue weighted by Gasteiger charge is -2.40. The summed E-state index contributed by atoms with van der Waals surface area (Å²) < 4.78 is 11.1. The minimum atomic E-state index is -0.537. The Labute approximate surface area is 149 Å². The lowest BCUT2D eigenvalue weighted by molar-refractivity contribution is -0.119. The molecule has 2 rings (SSSR count). The van der Waals surface area contributed by atoms with E-state index in [4.69, 9.17) is 15.2 Å². The van der Waals surface area contributed by atoms with Crippen LogP contribution in [0.15, 0.2) is 24.3 Å². The monoisotopic (exact) mass is 348 g/mol. The molecule has 1 aliphatic rings. The molecular weight excluding hydrogens is 320 g/mol. The predicted molar refractivity (Wildman–Crippen MR) is 95.4 cm³/mol. The normalized spacial score (nSPS) is 20.8. The van der Waals surface area contributed by atoms with E-state index >= 15 is 0 Å². The van der Waals surface area contributed by atoms with Gasteiger partial charge in [0, 0.05) is 24.6 Å². The van der Waals surface area contributed by atoms with Crippen LogP contribution in [0, 0.1) is 11.3 Å². The van der Waals surface area contributed by atoms with Gasteiger partial charge >= 0.3 is 0 Å². The number of rotatable bonds is 6. The van der Waals surface area contributed by atoms with Gasteiger partial charge < -0.3 is 20.5 Å². The molecule has 0 radical (unpaired) electrons. The fraction of sp³-hybridized carbons (Fsp3) is 0.579. The third kappa shape index (κ3) is 5.74. The highest BCUT2D eigenvalue weighted by atomic mass is 16.5. The summed E-state index contributed by atoms with van der Waals surface area (Å²) in [5.41, 5.74) is 5.63. The van der Waals surface area contributed by atoms with Crippen molar-refractivity contribution in [2.24, 2.45) is 17.1 Å². The molecule has 1 aromatic carbocycles. The molecule has 6 heteroatoms. The van der Waals surface area contributed by atoms with E-state index in [1.54, 1.807) is 24.3 Å². The summed E-state index contributed by atoms with van der Waals surface area (Å²) in [7, 11) is 0. The minimum Gasteiger partial charge on any atom is -0.484 e. The summed E-state index contributed by atoms with van der Waals surface area (Å²) in [6.45, 7) is 7.72. The summed E-state index contributed by atoms with van der Waals surface area (Å²) in [5.74, 6) is 0.157. The zero-order chi connectivity index (χ0) is 18.4. The second-order valence-corrected chi connectivity index (χ2v) is 7.55.